The number of carbonyl (C=O) groups is 1. The summed E-state index contributed by atoms with van der Waals surface area (Å²) in [7, 11) is 0. The Morgan fingerprint density at radius 2 is 1.90 bits per heavy atom. The molecule has 0 fully saturated rings. The van der Waals surface area contributed by atoms with Gasteiger partial charge in [0, 0.05) is 33.9 Å². The molecule has 0 radical (unpaired) electrons. The fourth-order valence-electron chi connectivity index (χ4n) is 2.85. The molecule has 2 aromatic carbocycles. The molecule has 2 aromatic heterocycles. The zero-order valence-corrected chi connectivity index (χ0v) is 16.5. The van der Waals surface area contributed by atoms with Gasteiger partial charge in [0.15, 0.2) is 0 Å². The predicted molar refractivity (Wildman–Crippen MR) is 116 cm³/mol. The Hall–Kier alpha value is -3.28. The number of nitrogens with one attached hydrogen (secondary N) is 1. The van der Waals surface area contributed by atoms with Gasteiger partial charge >= 0.3 is 0 Å². The Kier molecular flexibility index (Phi) is 5.51. The van der Waals surface area contributed by atoms with Gasteiger partial charge in [-0.05, 0) is 36.4 Å². The summed E-state index contributed by atoms with van der Waals surface area (Å²) in [5.74, 6) is -0.352. The number of rotatable bonds is 4. The third-order valence-corrected chi connectivity index (χ3v) is 4.81. The molecule has 7 heteroatoms. The highest BCUT2D eigenvalue weighted by Crippen LogP contribution is 2.24. The third kappa shape index (κ3) is 4.26. The maximum atomic E-state index is 12.8. The molecule has 1 amide bonds. The number of pyridine rings is 2. The van der Waals surface area contributed by atoms with E-state index in [1.165, 1.54) is 6.21 Å². The van der Waals surface area contributed by atoms with E-state index >= 15 is 0 Å². The highest BCUT2D eigenvalue weighted by molar-refractivity contribution is 6.36. The first kappa shape index (κ1) is 19.1. The summed E-state index contributed by atoms with van der Waals surface area (Å²) in [5.41, 5.74) is 5.86. The summed E-state index contributed by atoms with van der Waals surface area (Å²) in [6.07, 6.45) is 4.87. The molecular weight excluding hydrogens is 407 g/mol. The summed E-state index contributed by atoms with van der Waals surface area (Å²) in [6, 6.07) is 18.0. The van der Waals surface area contributed by atoms with E-state index in [1.54, 1.807) is 36.7 Å². The lowest BCUT2D eigenvalue weighted by atomic mass is 10.0. The number of amides is 1. The fraction of sp³-hybridized carbons (Fsp3) is 0. The first-order valence-corrected chi connectivity index (χ1v) is 9.46. The highest BCUT2D eigenvalue weighted by Gasteiger charge is 2.13. The molecular formula is C22H14Cl2N4O. The molecule has 1 N–H and O–H groups in total. The van der Waals surface area contributed by atoms with E-state index in [0.29, 0.717) is 32.4 Å². The van der Waals surface area contributed by atoms with Crippen molar-refractivity contribution in [3.63, 3.8) is 0 Å². The van der Waals surface area contributed by atoms with Crippen molar-refractivity contribution in [1.82, 2.24) is 15.4 Å². The number of hydrogen-bond acceptors (Lipinski definition) is 4. The molecule has 0 unspecified atom stereocenters. The van der Waals surface area contributed by atoms with Gasteiger partial charge in [-0.25, -0.2) is 10.4 Å². The average molecular weight is 421 g/mol. The van der Waals surface area contributed by atoms with Crippen molar-refractivity contribution in [2.24, 2.45) is 5.10 Å². The van der Waals surface area contributed by atoms with Crippen LogP contribution in [0.15, 0.2) is 78.2 Å². The summed E-state index contributed by atoms with van der Waals surface area (Å²) in [6.45, 7) is 0. The number of para-hydroxylation sites is 1. The van der Waals surface area contributed by atoms with Gasteiger partial charge in [-0.3, -0.25) is 9.78 Å². The molecule has 4 rings (SSSR count). The lowest BCUT2D eigenvalue weighted by Crippen LogP contribution is -2.18. The summed E-state index contributed by atoms with van der Waals surface area (Å²) in [4.78, 5) is 21.6. The molecule has 0 aliphatic heterocycles. The number of carbonyl (C=O) groups excluding carboxylic acids is 1. The fourth-order valence-corrected chi connectivity index (χ4v) is 3.31. The standard InChI is InChI=1S/C22H14Cl2N4O/c23-16-8-7-14(19(24)10-16)13-26-28-22(29)18-11-21(15-4-3-9-25-12-15)27-20-6-2-1-5-17(18)20/h1-13H,(H,28,29). The van der Waals surface area contributed by atoms with E-state index in [2.05, 4.69) is 20.5 Å². The minimum absolute atomic E-state index is 0.352. The van der Waals surface area contributed by atoms with Crippen molar-refractivity contribution in [1.29, 1.82) is 0 Å². The van der Waals surface area contributed by atoms with Crippen molar-refractivity contribution in [2.45, 2.75) is 0 Å². The Labute approximate surface area is 177 Å². The number of hydrogen-bond donors (Lipinski definition) is 1. The van der Waals surface area contributed by atoms with E-state index in [-0.39, 0.29) is 5.91 Å². The Bertz CT molecular complexity index is 1230. The van der Waals surface area contributed by atoms with Crippen LogP contribution in [0.3, 0.4) is 0 Å². The monoisotopic (exact) mass is 420 g/mol. The maximum Gasteiger partial charge on any atom is 0.272 e. The van der Waals surface area contributed by atoms with Crippen LogP contribution in [0.1, 0.15) is 15.9 Å². The van der Waals surface area contributed by atoms with E-state index in [1.807, 2.05) is 36.4 Å². The van der Waals surface area contributed by atoms with E-state index in [4.69, 9.17) is 23.2 Å². The number of benzene rings is 2. The van der Waals surface area contributed by atoms with Gasteiger partial charge in [-0.1, -0.05) is 47.5 Å². The van der Waals surface area contributed by atoms with Gasteiger partial charge in [-0.15, -0.1) is 0 Å². The van der Waals surface area contributed by atoms with Crippen LogP contribution >= 0.6 is 23.2 Å². The normalized spacial score (nSPS) is 11.1. The van der Waals surface area contributed by atoms with Gasteiger partial charge in [-0.2, -0.15) is 5.10 Å². The maximum absolute atomic E-state index is 12.8. The smallest absolute Gasteiger partial charge is 0.267 e. The van der Waals surface area contributed by atoms with E-state index in [9.17, 15) is 4.79 Å². The molecule has 0 saturated carbocycles. The van der Waals surface area contributed by atoms with Gasteiger partial charge in [0.25, 0.3) is 5.91 Å². The van der Waals surface area contributed by atoms with Crippen LogP contribution in [0, 0.1) is 0 Å². The zero-order valence-electron chi connectivity index (χ0n) is 15.0. The van der Waals surface area contributed by atoms with Crippen molar-refractivity contribution in [3.8, 4) is 11.3 Å². The van der Waals surface area contributed by atoms with Gasteiger partial charge in [0.2, 0.25) is 0 Å². The van der Waals surface area contributed by atoms with Crippen LogP contribution in [-0.4, -0.2) is 22.1 Å². The Morgan fingerprint density at radius 1 is 1.03 bits per heavy atom. The molecule has 0 aliphatic rings. The summed E-state index contributed by atoms with van der Waals surface area (Å²) < 4.78 is 0. The van der Waals surface area contributed by atoms with Crippen LogP contribution in [-0.2, 0) is 0 Å². The lowest BCUT2D eigenvalue weighted by molar-refractivity contribution is 0.0956. The number of halogens is 2. The van der Waals surface area contributed by atoms with E-state index in [0.717, 1.165) is 10.9 Å². The molecule has 4 aromatic rings. The van der Waals surface area contributed by atoms with Crippen LogP contribution in [0.4, 0.5) is 0 Å². The van der Waals surface area contributed by atoms with E-state index < -0.39 is 0 Å². The van der Waals surface area contributed by atoms with Gasteiger partial charge < -0.3 is 0 Å². The number of nitrogens with zero attached hydrogens (tertiary/aromatic N) is 3. The lowest BCUT2D eigenvalue weighted by Gasteiger charge is -2.08. The average Bonchev–Trinajstić information content (AvgIpc) is 2.75. The first-order chi connectivity index (χ1) is 14.1. The van der Waals surface area contributed by atoms with Gasteiger partial charge in [0.05, 0.1) is 28.0 Å². The summed E-state index contributed by atoms with van der Waals surface area (Å²) >= 11 is 12.0. The Morgan fingerprint density at radius 3 is 2.69 bits per heavy atom. The molecule has 5 nitrogen and oxygen atoms in total. The number of fused-ring (bicyclic) bond motifs is 1. The molecule has 29 heavy (non-hydrogen) atoms. The molecule has 0 spiro atoms. The molecule has 0 saturated heterocycles. The molecule has 0 atom stereocenters. The highest BCUT2D eigenvalue weighted by atomic mass is 35.5. The summed E-state index contributed by atoms with van der Waals surface area (Å²) in [5, 5.41) is 5.74. The minimum Gasteiger partial charge on any atom is -0.267 e. The molecule has 0 bridgehead atoms. The zero-order chi connectivity index (χ0) is 20.2. The second kappa shape index (κ2) is 8.39. The van der Waals surface area contributed by atoms with Crippen molar-refractivity contribution < 1.29 is 4.79 Å². The van der Waals surface area contributed by atoms with Crippen LogP contribution in [0.2, 0.25) is 10.0 Å². The predicted octanol–water partition coefficient (Wildman–Crippen LogP) is 5.37. The number of hydrazone groups is 1. The minimum atomic E-state index is -0.352. The number of aromatic nitrogens is 2. The van der Waals surface area contributed by atoms with Crippen LogP contribution < -0.4 is 5.43 Å². The van der Waals surface area contributed by atoms with Crippen LogP contribution in [0.5, 0.6) is 0 Å². The molecule has 0 aliphatic carbocycles. The van der Waals surface area contributed by atoms with Crippen molar-refractivity contribution in [2.75, 3.05) is 0 Å². The topological polar surface area (TPSA) is 67.2 Å². The largest absolute Gasteiger partial charge is 0.272 e. The molecule has 2 heterocycles. The quantitative estimate of drug-likeness (QED) is 0.356. The SMILES string of the molecule is O=C(NN=Cc1ccc(Cl)cc1Cl)c1cc(-c2cccnc2)nc2ccccc12. The molecule has 142 valence electrons. The van der Waals surface area contributed by atoms with Crippen molar-refractivity contribution >= 4 is 46.2 Å². The Balaban J connectivity index is 1.67. The second-order valence-electron chi connectivity index (χ2n) is 6.18. The second-order valence-corrected chi connectivity index (χ2v) is 7.02. The van der Waals surface area contributed by atoms with Crippen LogP contribution in [0.25, 0.3) is 22.2 Å². The first-order valence-electron chi connectivity index (χ1n) is 8.70. The van der Waals surface area contributed by atoms with Crippen molar-refractivity contribution in [3.05, 3.63) is 94.2 Å². The third-order valence-electron chi connectivity index (χ3n) is 4.25. The van der Waals surface area contributed by atoms with Gasteiger partial charge in [0.1, 0.15) is 0 Å².